The summed E-state index contributed by atoms with van der Waals surface area (Å²) in [5.41, 5.74) is 1.03. The Morgan fingerprint density at radius 1 is 1.33 bits per heavy atom. The molecule has 3 heterocycles. The van der Waals surface area contributed by atoms with Gasteiger partial charge in [-0.05, 0) is 0 Å². The quantitative estimate of drug-likeness (QED) is 0.775. The smallest absolute Gasteiger partial charge is 0.255 e. The van der Waals surface area contributed by atoms with Crippen molar-refractivity contribution in [2.75, 3.05) is 20.3 Å². The van der Waals surface area contributed by atoms with Gasteiger partial charge in [-0.15, -0.1) is 0 Å². The average Bonchev–Trinajstić information content (AvgIpc) is 2.88. The predicted molar refractivity (Wildman–Crippen MR) is 64.1 cm³/mol. The molecule has 3 rings (SSSR count). The largest absolute Gasteiger partial charge is 0.381 e. The van der Waals surface area contributed by atoms with Crippen LogP contribution in [0.25, 0.3) is 0 Å². The van der Waals surface area contributed by atoms with Crippen molar-refractivity contribution >= 4 is 0 Å². The van der Waals surface area contributed by atoms with Crippen molar-refractivity contribution in [3.05, 3.63) is 27.4 Å². The number of hydrogen-bond donors (Lipinski definition) is 2. The molecule has 0 atom stereocenters. The molecule has 2 aliphatic heterocycles. The van der Waals surface area contributed by atoms with Gasteiger partial charge in [0, 0.05) is 46.3 Å². The lowest BCUT2D eigenvalue weighted by Crippen LogP contribution is -2.39. The van der Waals surface area contributed by atoms with Crippen molar-refractivity contribution < 1.29 is 9.47 Å². The van der Waals surface area contributed by atoms with Gasteiger partial charge in [-0.1, -0.05) is 0 Å². The van der Waals surface area contributed by atoms with Crippen LogP contribution in [0, 0.1) is 0 Å². The molecule has 0 radical (unpaired) electrons. The maximum absolute atomic E-state index is 12.0. The molecule has 0 amide bonds. The molecule has 2 aliphatic rings. The first-order valence-electron chi connectivity index (χ1n) is 6.21. The van der Waals surface area contributed by atoms with E-state index < -0.39 is 5.60 Å². The molecule has 0 aliphatic carbocycles. The summed E-state index contributed by atoms with van der Waals surface area (Å²) in [5.74, 6) is 0.640. The molecule has 2 N–H and O–H groups in total. The van der Waals surface area contributed by atoms with Gasteiger partial charge in [0.2, 0.25) is 0 Å². The van der Waals surface area contributed by atoms with E-state index in [4.69, 9.17) is 9.47 Å². The van der Waals surface area contributed by atoms with Crippen molar-refractivity contribution in [1.82, 2.24) is 15.3 Å². The van der Waals surface area contributed by atoms with Crippen LogP contribution in [0.3, 0.4) is 0 Å². The van der Waals surface area contributed by atoms with Crippen LogP contribution in [0.1, 0.15) is 29.9 Å². The minimum atomic E-state index is -0.505. The summed E-state index contributed by atoms with van der Waals surface area (Å²) in [6.07, 6.45) is 1.44. The van der Waals surface area contributed by atoms with Crippen LogP contribution in [0.15, 0.2) is 4.79 Å². The van der Waals surface area contributed by atoms with Crippen LogP contribution in [-0.2, 0) is 28.2 Å². The third-order valence-electron chi connectivity index (χ3n) is 3.82. The van der Waals surface area contributed by atoms with Gasteiger partial charge in [0.05, 0.1) is 11.3 Å². The number of hydrogen-bond acceptors (Lipinski definition) is 5. The SMILES string of the molecule is COC1(c2nc3c(c(=O)[nH]2)CNC3)CCOCC1. The molecule has 1 saturated heterocycles. The Bertz CT molecular complexity index is 506. The Labute approximate surface area is 105 Å². The lowest BCUT2D eigenvalue weighted by atomic mass is 9.93. The third-order valence-corrected chi connectivity index (χ3v) is 3.82. The van der Waals surface area contributed by atoms with E-state index in [1.165, 1.54) is 0 Å². The van der Waals surface area contributed by atoms with E-state index in [1.54, 1.807) is 7.11 Å². The fraction of sp³-hybridized carbons (Fsp3) is 0.667. The Balaban J connectivity index is 2.05. The van der Waals surface area contributed by atoms with Crippen LogP contribution in [0.2, 0.25) is 0 Å². The minimum absolute atomic E-state index is 0.0529. The zero-order chi connectivity index (χ0) is 12.6. The van der Waals surface area contributed by atoms with Gasteiger partial charge in [-0.2, -0.15) is 0 Å². The summed E-state index contributed by atoms with van der Waals surface area (Å²) < 4.78 is 11.0. The van der Waals surface area contributed by atoms with E-state index in [-0.39, 0.29) is 5.56 Å². The fourth-order valence-corrected chi connectivity index (χ4v) is 2.63. The molecular weight excluding hydrogens is 234 g/mol. The van der Waals surface area contributed by atoms with Crippen LogP contribution < -0.4 is 10.9 Å². The van der Waals surface area contributed by atoms with Crippen molar-refractivity contribution in [2.45, 2.75) is 31.5 Å². The number of methoxy groups -OCH3 is 1. The summed E-state index contributed by atoms with van der Waals surface area (Å²) >= 11 is 0. The van der Waals surface area contributed by atoms with Crippen molar-refractivity contribution in [3.63, 3.8) is 0 Å². The number of ether oxygens (including phenoxy) is 2. The van der Waals surface area contributed by atoms with Gasteiger partial charge in [-0.25, -0.2) is 4.98 Å². The lowest BCUT2D eigenvalue weighted by Gasteiger charge is -2.34. The van der Waals surface area contributed by atoms with Crippen LogP contribution in [0.5, 0.6) is 0 Å². The standard InChI is InChI=1S/C12H17N3O3/c1-17-12(2-4-18-5-3-12)11-14-9-7-13-6-8(9)10(16)15-11/h13H,2-7H2,1H3,(H,14,15,16). The summed E-state index contributed by atoms with van der Waals surface area (Å²) in [5, 5.41) is 3.14. The highest BCUT2D eigenvalue weighted by atomic mass is 16.5. The molecule has 0 saturated carbocycles. The highest BCUT2D eigenvalue weighted by molar-refractivity contribution is 5.23. The zero-order valence-corrected chi connectivity index (χ0v) is 10.4. The van der Waals surface area contributed by atoms with E-state index in [0.717, 1.165) is 24.1 Å². The molecule has 1 fully saturated rings. The summed E-state index contributed by atoms with van der Waals surface area (Å²) in [4.78, 5) is 19.5. The van der Waals surface area contributed by atoms with Crippen molar-refractivity contribution in [3.8, 4) is 0 Å². The highest BCUT2D eigenvalue weighted by Gasteiger charge is 2.38. The fourth-order valence-electron chi connectivity index (χ4n) is 2.63. The van der Waals surface area contributed by atoms with Gasteiger partial charge in [0.1, 0.15) is 11.4 Å². The molecule has 6 nitrogen and oxygen atoms in total. The number of fused-ring (bicyclic) bond motifs is 1. The normalized spacial score (nSPS) is 21.8. The molecule has 0 aromatic carbocycles. The Hall–Kier alpha value is -1.24. The zero-order valence-electron chi connectivity index (χ0n) is 10.4. The van der Waals surface area contributed by atoms with E-state index in [2.05, 4.69) is 15.3 Å². The van der Waals surface area contributed by atoms with Crippen molar-refractivity contribution in [1.29, 1.82) is 0 Å². The first-order valence-corrected chi connectivity index (χ1v) is 6.21. The Kier molecular flexibility index (Phi) is 2.93. The number of H-pyrrole nitrogens is 1. The number of aromatic nitrogens is 2. The Morgan fingerprint density at radius 2 is 2.11 bits per heavy atom. The van der Waals surface area contributed by atoms with E-state index in [1.807, 2.05) is 0 Å². The molecular formula is C12H17N3O3. The predicted octanol–water partition coefficient (Wildman–Crippen LogP) is 0.0252. The Morgan fingerprint density at radius 3 is 2.83 bits per heavy atom. The van der Waals surface area contributed by atoms with E-state index in [9.17, 15) is 4.79 Å². The maximum Gasteiger partial charge on any atom is 0.255 e. The first kappa shape index (κ1) is 11.8. The van der Waals surface area contributed by atoms with E-state index >= 15 is 0 Å². The number of nitrogens with one attached hydrogen (secondary N) is 2. The monoisotopic (exact) mass is 251 g/mol. The molecule has 98 valence electrons. The van der Waals surface area contributed by atoms with Gasteiger partial charge >= 0.3 is 0 Å². The molecule has 6 heteroatoms. The van der Waals surface area contributed by atoms with Crippen LogP contribution in [-0.4, -0.2) is 30.3 Å². The highest BCUT2D eigenvalue weighted by Crippen LogP contribution is 2.33. The third kappa shape index (κ3) is 1.77. The van der Waals surface area contributed by atoms with Crippen LogP contribution >= 0.6 is 0 Å². The second-order valence-electron chi connectivity index (χ2n) is 4.75. The number of rotatable bonds is 2. The number of nitrogens with zero attached hydrogens (tertiary/aromatic N) is 1. The minimum Gasteiger partial charge on any atom is -0.381 e. The van der Waals surface area contributed by atoms with Gasteiger partial charge < -0.3 is 19.8 Å². The van der Waals surface area contributed by atoms with Crippen molar-refractivity contribution in [2.24, 2.45) is 0 Å². The van der Waals surface area contributed by atoms with E-state index in [0.29, 0.717) is 32.1 Å². The summed E-state index contributed by atoms with van der Waals surface area (Å²) in [6, 6.07) is 0. The van der Waals surface area contributed by atoms with Crippen LogP contribution in [0.4, 0.5) is 0 Å². The van der Waals surface area contributed by atoms with Gasteiger partial charge in [0.25, 0.3) is 5.56 Å². The second kappa shape index (κ2) is 4.46. The molecule has 1 aromatic rings. The topological polar surface area (TPSA) is 76.2 Å². The molecule has 18 heavy (non-hydrogen) atoms. The molecule has 0 bridgehead atoms. The molecule has 1 aromatic heterocycles. The summed E-state index contributed by atoms with van der Waals surface area (Å²) in [6.45, 7) is 2.52. The second-order valence-corrected chi connectivity index (χ2v) is 4.75. The average molecular weight is 251 g/mol. The maximum atomic E-state index is 12.0. The molecule has 0 unspecified atom stereocenters. The molecule has 0 spiro atoms. The lowest BCUT2D eigenvalue weighted by molar-refractivity contribution is -0.100. The first-order chi connectivity index (χ1) is 8.75. The summed E-state index contributed by atoms with van der Waals surface area (Å²) in [7, 11) is 1.66. The van der Waals surface area contributed by atoms with Gasteiger partial charge in [-0.3, -0.25) is 4.79 Å². The number of aromatic amines is 1. The van der Waals surface area contributed by atoms with Gasteiger partial charge in [0.15, 0.2) is 0 Å².